The van der Waals surface area contributed by atoms with Gasteiger partial charge in [0.15, 0.2) is 10.9 Å². The van der Waals surface area contributed by atoms with Gasteiger partial charge in [0, 0.05) is 57.1 Å². The van der Waals surface area contributed by atoms with E-state index in [1.54, 1.807) is 30.3 Å². The van der Waals surface area contributed by atoms with Gasteiger partial charge in [-0.2, -0.15) is 8.42 Å². The van der Waals surface area contributed by atoms with E-state index >= 15 is 0 Å². The first-order valence-corrected chi connectivity index (χ1v) is 16.2. The number of benzene rings is 3. The van der Waals surface area contributed by atoms with Gasteiger partial charge in [-0.05, 0) is 61.4 Å². The molecule has 0 atom stereocenters. The maximum atomic E-state index is 13.8. The molecule has 47 heavy (non-hydrogen) atoms. The van der Waals surface area contributed by atoms with Crippen molar-refractivity contribution in [3.8, 4) is 11.8 Å². The van der Waals surface area contributed by atoms with Crippen molar-refractivity contribution < 1.29 is 47.4 Å². The minimum Gasteiger partial charge on any atom is -0.492 e. The van der Waals surface area contributed by atoms with Gasteiger partial charge in [0.1, 0.15) is 0 Å². The number of aryl methyl sites for hydroxylation is 1. The van der Waals surface area contributed by atoms with Gasteiger partial charge in [0.25, 0.3) is 10.1 Å². The molecule has 6 rings (SSSR count). The Morgan fingerprint density at radius 2 is 1.51 bits per heavy atom. The number of H-pyrrole nitrogens is 1. The van der Waals surface area contributed by atoms with Crippen LogP contribution in [0.1, 0.15) is 25.7 Å². The number of nitrogens with zero attached hydrogens (tertiary/aromatic N) is 2. The fraction of sp³-hybridized carbons (Fsp3) is 0.167. The third kappa shape index (κ3) is 6.27. The molecular weight excluding hydrogens is 658 g/mol. The minimum atomic E-state index is -4.57. The Bertz CT molecular complexity index is 2410. The maximum Gasteiger partial charge on any atom is 0.333 e. The van der Waals surface area contributed by atoms with Crippen LogP contribution in [0.15, 0.2) is 80.0 Å². The molecule has 15 nitrogen and oxygen atoms in total. The van der Waals surface area contributed by atoms with E-state index in [0.717, 1.165) is 12.1 Å². The predicted octanol–water partition coefficient (Wildman–Crippen LogP) is 4.25. The zero-order valence-corrected chi connectivity index (χ0v) is 25.7. The number of pyridine rings is 2. The van der Waals surface area contributed by atoms with Crippen molar-refractivity contribution in [1.82, 2.24) is 14.3 Å². The molecule has 0 saturated carbocycles. The van der Waals surface area contributed by atoms with Gasteiger partial charge >= 0.3 is 5.97 Å². The molecule has 0 unspecified atom stereocenters. The van der Waals surface area contributed by atoms with E-state index in [1.807, 2.05) is 4.57 Å². The van der Waals surface area contributed by atoms with Crippen LogP contribution in [0.25, 0.3) is 43.6 Å². The average Bonchev–Trinajstić information content (AvgIpc) is 3.36. The minimum absolute atomic E-state index is 0.00509. The van der Waals surface area contributed by atoms with Gasteiger partial charge in [0.2, 0.25) is 11.8 Å². The van der Waals surface area contributed by atoms with E-state index in [0.29, 0.717) is 74.9 Å². The van der Waals surface area contributed by atoms with Crippen LogP contribution < -0.4 is 15.7 Å². The lowest BCUT2D eigenvalue weighted by molar-refractivity contribution is -0.432. The van der Waals surface area contributed by atoms with E-state index < -0.39 is 38.2 Å². The molecule has 0 fully saturated rings. The summed E-state index contributed by atoms with van der Waals surface area (Å²) in [5.41, 5.74) is 0.738. The summed E-state index contributed by atoms with van der Waals surface area (Å²) in [6.45, 7) is 0.355. The summed E-state index contributed by atoms with van der Waals surface area (Å²) >= 11 is 0.689. The Kier molecular flexibility index (Phi) is 8.66. The number of aromatic amines is 1. The molecule has 5 N–H and O–H groups in total. The van der Waals surface area contributed by atoms with Gasteiger partial charge in [0.05, 0.1) is 33.5 Å². The Labute approximate surface area is 267 Å². The molecule has 3 aromatic heterocycles. The van der Waals surface area contributed by atoms with Crippen LogP contribution in [0.5, 0.6) is 11.8 Å². The Hall–Kier alpha value is -4.91. The SMILES string of the molecule is O=C(CCCCCn1c2ccc(SOOO)cc2c(=O)c2cc3[nH]c4ccc(S(=O)(=O)O)cc4c(=O)c3cc21)On1c(O)ccc1O. The first-order chi connectivity index (χ1) is 22.5. The van der Waals surface area contributed by atoms with Crippen LogP contribution >= 0.6 is 12.0 Å². The van der Waals surface area contributed by atoms with Crippen molar-refractivity contribution >= 4 is 71.7 Å². The summed E-state index contributed by atoms with van der Waals surface area (Å²) < 4.78 is 40.0. The average molecular weight is 684 g/mol. The van der Waals surface area contributed by atoms with Gasteiger partial charge in [-0.15, -0.1) is 9.06 Å². The van der Waals surface area contributed by atoms with E-state index in [1.165, 1.54) is 18.2 Å². The number of rotatable bonds is 11. The molecule has 244 valence electrons. The standard InChI is InChI=1S/C30H25N3O12S2/c34-26-9-10-27(35)33(26)43-28(36)4-2-1-3-11-32-24-8-5-16(46-45-44-39)12-20(24)30(38)21-14-23-19(15-25(21)32)29(37)18-13-17(47(40,41)42)6-7-22(18)31-23/h5-10,12-15,34-35,39H,1-4,11H2,(H,31,37)(H,40,41,42). The number of hydrogen-bond donors (Lipinski definition) is 5. The topological polar surface area (TPSA) is 220 Å². The summed E-state index contributed by atoms with van der Waals surface area (Å²) in [6, 6.07) is 14.0. The van der Waals surface area contributed by atoms with Crippen LogP contribution in [-0.2, 0) is 30.8 Å². The highest BCUT2D eigenvalue weighted by Crippen LogP contribution is 2.29. The molecule has 0 amide bonds. The number of aromatic nitrogens is 3. The number of carbonyl (C=O) groups is 1. The third-order valence-corrected chi connectivity index (χ3v) is 9.06. The molecule has 6 aromatic rings. The highest BCUT2D eigenvalue weighted by Gasteiger charge is 2.18. The summed E-state index contributed by atoms with van der Waals surface area (Å²) in [5, 5.41) is 32.4. The summed E-state index contributed by atoms with van der Waals surface area (Å²) in [7, 11) is -4.57. The lowest BCUT2D eigenvalue weighted by Crippen LogP contribution is -2.18. The summed E-state index contributed by atoms with van der Waals surface area (Å²) in [4.78, 5) is 47.8. The zero-order chi connectivity index (χ0) is 33.5. The van der Waals surface area contributed by atoms with Crippen LogP contribution in [0, 0.1) is 0 Å². The van der Waals surface area contributed by atoms with E-state index in [2.05, 4.69) is 14.4 Å². The zero-order valence-electron chi connectivity index (χ0n) is 24.1. The number of aromatic hydroxyl groups is 2. The molecule has 0 aliphatic heterocycles. The Morgan fingerprint density at radius 1 is 0.809 bits per heavy atom. The van der Waals surface area contributed by atoms with Crippen molar-refractivity contribution in [2.45, 2.75) is 42.0 Å². The molecule has 0 spiro atoms. The molecule has 0 bridgehead atoms. The van der Waals surface area contributed by atoms with E-state index in [4.69, 9.17) is 10.1 Å². The maximum absolute atomic E-state index is 13.8. The van der Waals surface area contributed by atoms with E-state index in [-0.39, 0.29) is 28.0 Å². The molecule has 3 heterocycles. The fourth-order valence-electron chi connectivity index (χ4n) is 5.47. The van der Waals surface area contributed by atoms with Crippen molar-refractivity contribution in [3.05, 3.63) is 81.1 Å². The molecule has 0 aliphatic carbocycles. The molecular formula is C30H25N3O12S2. The van der Waals surface area contributed by atoms with E-state index in [9.17, 15) is 37.6 Å². The fourth-order valence-corrected chi connectivity index (χ4v) is 6.37. The quantitative estimate of drug-likeness (QED) is 0.0322. The van der Waals surface area contributed by atoms with Gasteiger partial charge in [-0.3, -0.25) is 14.1 Å². The first-order valence-electron chi connectivity index (χ1n) is 14.0. The number of unbranched alkanes of at least 4 members (excludes halogenated alkanes) is 2. The molecule has 17 heteroatoms. The molecule has 0 aliphatic rings. The Balaban J connectivity index is 1.39. The van der Waals surface area contributed by atoms with Gasteiger partial charge < -0.3 is 24.6 Å². The van der Waals surface area contributed by atoms with Crippen molar-refractivity contribution in [3.63, 3.8) is 0 Å². The largest absolute Gasteiger partial charge is 0.492 e. The highest BCUT2D eigenvalue weighted by molar-refractivity contribution is 7.94. The predicted molar refractivity (Wildman–Crippen MR) is 170 cm³/mol. The highest BCUT2D eigenvalue weighted by atomic mass is 32.2. The van der Waals surface area contributed by atoms with Crippen LogP contribution in [0.4, 0.5) is 0 Å². The second-order valence-corrected chi connectivity index (χ2v) is 12.8. The van der Waals surface area contributed by atoms with Gasteiger partial charge in [-0.25, -0.2) is 10.1 Å². The number of carbonyl (C=O) groups excluding carboxylic acids is 1. The second-order valence-electron chi connectivity index (χ2n) is 10.6. The number of hydrogen-bond acceptors (Lipinski definition) is 12. The van der Waals surface area contributed by atoms with Gasteiger partial charge in [-0.1, -0.05) is 11.5 Å². The monoisotopic (exact) mass is 683 g/mol. The normalized spacial score (nSPS) is 12.0. The summed E-state index contributed by atoms with van der Waals surface area (Å²) in [5.74, 6) is -1.52. The lowest BCUT2D eigenvalue weighted by atomic mass is 10.0. The lowest BCUT2D eigenvalue weighted by Gasteiger charge is -2.17. The molecule has 0 radical (unpaired) electrons. The van der Waals surface area contributed by atoms with Crippen molar-refractivity contribution in [2.75, 3.05) is 0 Å². The Morgan fingerprint density at radius 3 is 2.23 bits per heavy atom. The summed E-state index contributed by atoms with van der Waals surface area (Å²) in [6.07, 6.45) is 1.47. The second kappa shape index (κ2) is 12.7. The smallest absolute Gasteiger partial charge is 0.333 e. The molecule has 0 saturated heterocycles. The van der Waals surface area contributed by atoms with Crippen LogP contribution in [-0.4, -0.2) is 48.7 Å². The number of nitrogens with one attached hydrogen (secondary N) is 1. The van der Waals surface area contributed by atoms with Crippen molar-refractivity contribution in [1.29, 1.82) is 0 Å². The van der Waals surface area contributed by atoms with Crippen molar-refractivity contribution in [2.24, 2.45) is 0 Å². The number of fused-ring (bicyclic) bond motifs is 4. The third-order valence-electron chi connectivity index (χ3n) is 7.64. The first kappa shape index (κ1) is 32.0. The van der Waals surface area contributed by atoms with Crippen LogP contribution in [0.2, 0.25) is 0 Å². The molecule has 3 aromatic carbocycles. The van der Waals surface area contributed by atoms with Crippen LogP contribution in [0.3, 0.4) is 0 Å².